The summed E-state index contributed by atoms with van der Waals surface area (Å²) >= 11 is 0. The topological polar surface area (TPSA) is 43.8 Å². The van der Waals surface area contributed by atoms with Gasteiger partial charge in [-0.25, -0.2) is 4.68 Å². The maximum absolute atomic E-state index is 12.5. The first-order valence-electron chi connectivity index (χ1n) is 5.84. The third kappa shape index (κ3) is 2.96. The molecule has 2 N–H and O–H groups in total. The van der Waals surface area contributed by atoms with Crippen LogP contribution in [0.5, 0.6) is 0 Å². The van der Waals surface area contributed by atoms with E-state index in [4.69, 9.17) is 5.73 Å². The van der Waals surface area contributed by atoms with E-state index in [2.05, 4.69) is 5.10 Å². The van der Waals surface area contributed by atoms with E-state index in [0.717, 1.165) is 23.6 Å². The third-order valence-electron chi connectivity index (χ3n) is 2.88. The molecule has 0 saturated carbocycles. The number of halogens is 3. The summed E-state index contributed by atoms with van der Waals surface area (Å²) in [6.45, 7) is 2.45. The van der Waals surface area contributed by atoms with Crippen LogP contribution < -0.4 is 5.73 Å². The van der Waals surface area contributed by atoms with Gasteiger partial charge in [0.25, 0.3) is 0 Å². The minimum Gasteiger partial charge on any atom is -0.330 e. The molecule has 0 radical (unpaired) electrons. The number of nitrogens with two attached hydrogens (primary N) is 1. The summed E-state index contributed by atoms with van der Waals surface area (Å²) in [5.41, 5.74) is 7.28. The highest BCUT2D eigenvalue weighted by atomic mass is 19.4. The molecule has 0 bridgehead atoms. The molecule has 1 aromatic heterocycles. The molecule has 0 aliphatic heterocycles. The Labute approximate surface area is 108 Å². The van der Waals surface area contributed by atoms with Gasteiger partial charge in [-0.3, -0.25) is 0 Å². The molecule has 6 heteroatoms. The normalized spacial score (nSPS) is 11.8. The highest BCUT2D eigenvalue weighted by Gasteiger charge is 2.33. The quantitative estimate of drug-likeness (QED) is 0.931. The Morgan fingerprint density at radius 1 is 1.26 bits per heavy atom. The highest BCUT2D eigenvalue weighted by Crippen LogP contribution is 2.28. The lowest BCUT2D eigenvalue weighted by Crippen LogP contribution is -2.08. The fourth-order valence-corrected chi connectivity index (χ4v) is 1.88. The van der Waals surface area contributed by atoms with Gasteiger partial charge in [0.1, 0.15) is 0 Å². The molecular formula is C13H14F3N3. The van der Waals surface area contributed by atoms with Crippen LogP contribution in [0.25, 0.3) is 5.69 Å². The first-order chi connectivity index (χ1) is 8.91. The molecule has 0 unspecified atom stereocenters. The van der Waals surface area contributed by atoms with Crippen molar-refractivity contribution >= 4 is 0 Å². The van der Waals surface area contributed by atoms with Crippen LogP contribution in [-0.4, -0.2) is 16.3 Å². The molecule has 0 fully saturated rings. The van der Waals surface area contributed by atoms with Gasteiger partial charge < -0.3 is 5.73 Å². The molecule has 19 heavy (non-hydrogen) atoms. The summed E-state index contributed by atoms with van der Waals surface area (Å²) in [6.07, 6.45) is -2.36. The van der Waals surface area contributed by atoms with Crippen LogP contribution >= 0.6 is 0 Å². The second-order valence-corrected chi connectivity index (χ2v) is 4.29. The van der Waals surface area contributed by atoms with Crippen LogP contribution in [0, 0.1) is 6.92 Å². The van der Waals surface area contributed by atoms with Gasteiger partial charge in [-0.2, -0.15) is 18.3 Å². The summed E-state index contributed by atoms with van der Waals surface area (Å²) < 4.78 is 38.6. The van der Waals surface area contributed by atoms with Gasteiger partial charge in [0.15, 0.2) is 5.69 Å². The monoisotopic (exact) mass is 269 g/mol. The van der Waals surface area contributed by atoms with Gasteiger partial charge in [0.05, 0.1) is 5.69 Å². The van der Waals surface area contributed by atoms with Crippen molar-refractivity contribution in [3.63, 3.8) is 0 Å². The van der Waals surface area contributed by atoms with Crippen molar-refractivity contribution < 1.29 is 13.2 Å². The first kappa shape index (κ1) is 13.6. The molecule has 2 rings (SSSR count). The van der Waals surface area contributed by atoms with E-state index in [9.17, 15) is 13.2 Å². The van der Waals surface area contributed by atoms with E-state index >= 15 is 0 Å². The minimum absolute atomic E-state index is 0.542. The number of aromatic nitrogens is 2. The van der Waals surface area contributed by atoms with Gasteiger partial charge in [-0.1, -0.05) is 6.07 Å². The lowest BCUT2D eigenvalue weighted by molar-refractivity contribution is -0.141. The molecule has 1 aromatic carbocycles. The van der Waals surface area contributed by atoms with Gasteiger partial charge in [0.2, 0.25) is 0 Å². The van der Waals surface area contributed by atoms with Crippen LogP contribution in [0.2, 0.25) is 0 Å². The Morgan fingerprint density at radius 3 is 2.53 bits per heavy atom. The summed E-state index contributed by atoms with van der Waals surface area (Å²) in [5, 5.41) is 3.54. The van der Waals surface area contributed by atoms with Crippen LogP contribution in [-0.2, 0) is 12.6 Å². The maximum atomic E-state index is 12.5. The van der Waals surface area contributed by atoms with Crippen LogP contribution in [0.4, 0.5) is 13.2 Å². The van der Waals surface area contributed by atoms with Crippen LogP contribution in [0.3, 0.4) is 0 Å². The van der Waals surface area contributed by atoms with E-state index in [1.165, 1.54) is 10.9 Å². The van der Waals surface area contributed by atoms with Crippen molar-refractivity contribution in [1.82, 2.24) is 9.78 Å². The lowest BCUT2D eigenvalue weighted by Gasteiger charge is -2.08. The average Bonchev–Trinajstić information content (AvgIpc) is 2.81. The van der Waals surface area contributed by atoms with Crippen LogP contribution in [0.15, 0.2) is 30.5 Å². The van der Waals surface area contributed by atoms with E-state index in [0.29, 0.717) is 12.2 Å². The molecule has 0 spiro atoms. The van der Waals surface area contributed by atoms with Gasteiger partial charge in [-0.05, 0) is 49.2 Å². The number of hydrogen-bond acceptors (Lipinski definition) is 2. The SMILES string of the molecule is Cc1cc(-n2ccc(C(F)(F)F)n2)ccc1CCN. The van der Waals surface area contributed by atoms with E-state index in [1.807, 2.05) is 13.0 Å². The van der Waals surface area contributed by atoms with Crippen molar-refractivity contribution in [2.24, 2.45) is 5.73 Å². The first-order valence-corrected chi connectivity index (χ1v) is 5.84. The molecular weight excluding hydrogens is 255 g/mol. The summed E-state index contributed by atoms with van der Waals surface area (Å²) in [5.74, 6) is 0. The second kappa shape index (κ2) is 5.05. The molecule has 0 atom stereocenters. The molecule has 0 aliphatic carbocycles. The maximum Gasteiger partial charge on any atom is 0.435 e. The van der Waals surface area contributed by atoms with Crippen molar-refractivity contribution in [3.05, 3.63) is 47.3 Å². The predicted octanol–water partition coefficient (Wildman–Crippen LogP) is 2.70. The summed E-state index contributed by atoms with van der Waals surface area (Å²) in [6, 6.07) is 6.37. The zero-order chi connectivity index (χ0) is 14.0. The molecule has 102 valence electrons. The Morgan fingerprint density at radius 2 is 2.00 bits per heavy atom. The molecule has 0 amide bonds. The third-order valence-corrected chi connectivity index (χ3v) is 2.88. The second-order valence-electron chi connectivity index (χ2n) is 4.29. The lowest BCUT2D eigenvalue weighted by atomic mass is 10.1. The van der Waals surface area contributed by atoms with Gasteiger partial charge in [-0.15, -0.1) is 0 Å². The van der Waals surface area contributed by atoms with Gasteiger partial charge >= 0.3 is 6.18 Å². The zero-order valence-corrected chi connectivity index (χ0v) is 10.4. The number of nitrogens with zero attached hydrogens (tertiary/aromatic N) is 2. The van der Waals surface area contributed by atoms with Crippen molar-refractivity contribution in [2.75, 3.05) is 6.54 Å². The molecule has 0 saturated heterocycles. The van der Waals surface area contributed by atoms with Crippen molar-refractivity contribution in [3.8, 4) is 5.69 Å². The molecule has 2 aromatic rings. The number of aryl methyl sites for hydroxylation is 1. The Hall–Kier alpha value is -1.82. The smallest absolute Gasteiger partial charge is 0.330 e. The van der Waals surface area contributed by atoms with Crippen molar-refractivity contribution in [1.29, 1.82) is 0 Å². The number of hydrogen-bond donors (Lipinski definition) is 1. The molecule has 1 heterocycles. The van der Waals surface area contributed by atoms with E-state index < -0.39 is 11.9 Å². The minimum atomic E-state index is -4.42. The zero-order valence-electron chi connectivity index (χ0n) is 10.4. The number of alkyl halides is 3. The van der Waals surface area contributed by atoms with E-state index in [1.54, 1.807) is 12.1 Å². The fourth-order valence-electron chi connectivity index (χ4n) is 1.88. The van der Waals surface area contributed by atoms with E-state index in [-0.39, 0.29) is 0 Å². The molecule has 3 nitrogen and oxygen atoms in total. The Balaban J connectivity index is 2.32. The average molecular weight is 269 g/mol. The number of benzene rings is 1. The summed E-state index contributed by atoms with van der Waals surface area (Å²) in [4.78, 5) is 0. The van der Waals surface area contributed by atoms with Crippen molar-refractivity contribution in [2.45, 2.75) is 19.5 Å². The highest BCUT2D eigenvalue weighted by molar-refractivity contribution is 5.40. The Bertz CT molecular complexity index is 573. The Kier molecular flexibility index (Phi) is 3.61. The predicted molar refractivity (Wildman–Crippen MR) is 66.1 cm³/mol. The van der Waals surface area contributed by atoms with Gasteiger partial charge in [0, 0.05) is 6.20 Å². The molecule has 0 aliphatic rings. The fraction of sp³-hybridized carbons (Fsp3) is 0.308. The standard InChI is InChI=1S/C13H14F3N3/c1-9-8-11(3-2-10(9)4-6-17)19-7-5-12(18-19)13(14,15)16/h2-3,5,7-8H,4,6,17H2,1H3. The summed E-state index contributed by atoms with van der Waals surface area (Å²) in [7, 11) is 0. The van der Waals surface area contributed by atoms with Crippen LogP contribution in [0.1, 0.15) is 16.8 Å². The number of rotatable bonds is 3. The largest absolute Gasteiger partial charge is 0.435 e.